The monoisotopic (exact) mass is 405 g/mol. The van der Waals surface area contributed by atoms with Crippen molar-refractivity contribution in [3.05, 3.63) is 58.3 Å². The van der Waals surface area contributed by atoms with Crippen LogP contribution in [0.2, 0.25) is 0 Å². The van der Waals surface area contributed by atoms with Crippen molar-refractivity contribution in [2.45, 2.75) is 46.1 Å². The summed E-state index contributed by atoms with van der Waals surface area (Å²) >= 11 is 0. The number of carbonyl (C=O) groups is 2. The van der Waals surface area contributed by atoms with Crippen LogP contribution in [0.25, 0.3) is 10.9 Å². The van der Waals surface area contributed by atoms with Crippen molar-refractivity contribution in [3.63, 3.8) is 0 Å². The van der Waals surface area contributed by atoms with E-state index in [-0.39, 0.29) is 18.2 Å². The van der Waals surface area contributed by atoms with Gasteiger partial charge in [-0.15, -0.1) is 0 Å². The lowest BCUT2D eigenvalue weighted by Gasteiger charge is -2.25. The maximum atomic E-state index is 13.1. The Balaban J connectivity index is 1.61. The van der Waals surface area contributed by atoms with Crippen LogP contribution >= 0.6 is 0 Å². The second-order valence-electron chi connectivity index (χ2n) is 7.90. The van der Waals surface area contributed by atoms with E-state index in [0.717, 1.165) is 28.6 Å². The smallest absolute Gasteiger partial charge is 0.228 e. The maximum Gasteiger partial charge on any atom is 0.228 e. The van der Waals surface area contributed by atoms with Gasteiger partial charge in [0.2, 0.25) is 11.8 Å². The third-order valence-electron chi connectivity index (χ3n) is 5.92. The van der Waals surface area contributed by atoms with Crippen molar-refractivity contribution in [2.75, 3.05) is 12.4 Å². The van der Waals surface area contributed by atoms with Crippen molar-refractivity contribution >= 4 is 28.4 Å². The third-order valence-corrected chi connectivity index (χ3v) is 5.92. The number of rotatable bonds is 5. The Morgan fingerprint density at radius 3 is 2.77 bits per heavy atom. The van der Waals surface area contributed by atoms with E-state index in [4.69, 9.17) is 4.74 Å². The molecular formula is C24H27N3O3. The Bertz CT molecular complexity index is 1150. The highest BCUT2D eigenvalue weighted by Crippen LogP contribution is 2.35. The predicted molar refractivity (Wildman–Crippen MR) is 118 cm³/mol. The van der Waals surface area contributed by atoms with Crippen LogP contribution in [0.1, 0.15) is 47.2 Å². The van der Waals surface area contributed by atoms with Gasteiger partial charge in [0.05, 0.1) is 18.5 Å². The van der Waals surface area contributed by atoms with Crippen LogP contribution in [-0.4, -0.2) is 23.9 Å². The molecule has 1 aromatic heterocycles. The van der Waals surface area contributed by atoms with Gasteiger partial charge in [0.25, 0.3) is 0 Å². The second-order valence-corrected chi connectivity index (χ2v) is 7.90. The first-order valence-electron chi connectivity index (χ1n) is 10.3. The lowest BCUT2D eigenvalue weighted by atomic mass is 9.89. The van der Waals surface area contributed by atoms with Gasteiger partial charge in [-0.05, 0) is 61.2 Å². The van der Waals surface area contributed by atoms with Gasteiger partial charge in [0, 0.05) is 29.7 Å². The largest absolute Gasteiger partial charge is 0.497 e. The lowest BCUT2D eigenvalue weighted by Crippen LogP contribution is -2.34. The maximum absolute atomic E-state index is 13.1. The molecule has 6 heteroatoms. The van der Waals surface area contributed by atoms with Crippen LogP contribution in [0.15, 0.2) is 30.3 Å². The molecule has 1 aliphatic rings. The molecule has 1 aliphatic heterocycles. The van der Waals surface area contributed by atoms with E-state index in [9.17, 15) is 9.59 Å². The summed E-state index contributed by atoms with van der Waals surface area (Å²) in [4.78, 5) is 28.7. The van der Waals surface area contributed by atoms with E-state index in [1.807, 2.05) is 6.07 Å². The molecule has 0 radical (unpaired) electrons. The number of benzene rings is 2. The summed E-state index contributed by atoms with van der Waals surface area (Å²) in [6.45, 7) is 6.73. The third kappa shape index (κ3) is 3.54. The second kappa shape index (κ2) is 7.86. The van der Waals surface area contributed by atoms with Crippen LogP contribution in [0.4, 0.5) is 5.69 Å². The number of nitrogens with one attached hydrogen (secondary N) is 3. The van der Waals surface area contributed by atoms with Crippen molar-refractivity contribution in [1.82, 2.24) is 10.3 Å². The number of fused-ring (bicyclic) bond motifs is 2. The zero-order valence-electron chi connectivity index (χ0n) is 17.8. The van der Waals surface area contributed by atoms with Gasteiger partial charge in [-0.2, -0.15) is 0 Å². The molecule has 0 saturated carbocycles. The molecule has 1 unspecified atom stereocenters. The fraction of sp³-hybridized carbons (Fsp3) is 0.333. The van der Waals surface area contributed by atoms with E-state index < -0.39 is 5.92 Å². The van der Waals surface area contributed by atoms with E-state index in [0.29, 0.717) is 18.0 Å². The predicted octanol–water partition coefficient (Wildman–Crippen LogP) is 4.10. The SMILES string of the molecule is CCc1[nH]c2c(CNC(=O)C3CC(=O)Nc4ccc(OC)cc43)cc(C)cc2c1C. The molecule has 0 saturated heterocycles. The summed E-state index contributed by atoms with van der Waals surface area (Å²) in [6.07, 6.45) is 1.05. The molecule has 0 bridgehead atoms. The Morgan fingerprint density at radius 2 is 2.03 bits per heavy atom. The molecule has 0 aliphatic carbocycles. The van der Waals surface area contributed by atoms with Gasteiger partial charge in [0.15, 0.2) is 0 Å². The van der Waals surface area contributed by atoms with Crippen molar-refractivity contribution in [1.29, 1.82) is 0 Å². The highest BCUT2D eigenvalue weighted by atomic mass is 16.5. The topological polar surface area (TPSA) is 83.2 Å². The Hall–Kier alpha value is -3.28. The summed E-state index contributed by atoms with van der Waals surface area (Å²) in [6, 6.07) is 9.67. The highest BCUT2D eigenvalue weighted by molar-refractivity contribution is 6.01. The molecule has 2 heterocycles. The van der Waals surface area contributed by atoms with Crippen molar-refractivity contribution in [2.24, 2.45) is 0 Å². The number of methoxy groups -OCH3 is 1. The molecule has 4 rings (SSSR count). The van der Waals surface area contributed by atoms with E-state index in [1.54, 1.807) is 19.2 Å². The number of aromatic nitrogens is 1. The summed E-state index contributed by atoms with van der Waals surface area (Å²) in [7, 11) is 1.59. The molecule has 1 atom stereocenters. The van der Waals surface area contributed by atoms with Crippen molar-refractivity contribution in [3.8, 4) is 5.75 Å². The van der Waals surface area contributed by atoms with Crippen LogP contribution in [0, 0.1) is 13.8 Å². The number of hydrogen-bond acceptors (Lipinski definition) is 3. The quantitative estimate of drug-likeness (QED) is 0.598. The van der Waals surface area contributed by atoms with Crippen LogP contribution in [-0.2, 0) is 22.6 Å². The van der Waals surface area contributed by atoms with Crippen molar-refractivity contribution < 1.29 is 14.3 Å². The number of ether oxygens (including phenoxy) is 1. The minimum absolute atomic E-state index is 0.122. The fourth-order valence-electron chi connectivity index (χ4n) is 4.31. The Labute approximate surface area is 176 Å². The Morgan fingerprint density at radius 1 is 1.23 bits per heavy atom. The Kier molecular flexibility index (Phi) is 5.24. The molecule has 2 aromatic carbocycles. The minimum atomic E-state index is -0.541. The molecule has 0 fully saturated rings. The molecule has 3 N–H and O–H groups in total. The number of anilines is 1. The normalized spacial score (nSPS) is 15.6. The van der Waals surface area contributed by atoms with Gasteiger partial charge in [-0.1, -0.05) is 18.6 Å². The summed E-state index contributed by atoms with van der Waals surface area (Å²) in [5, 5.41) is 7.09. The fourth-order valence-corrected chi connectivity index (χ4v) is 4.31. The molecule has 3 aromatic rings. The van der Waals surface area contributed by atoms with Gasteiger partial charge < -0.3 is 20.4 Å². The van der Waals surface area contributed by atoms with E-state index >= 15 is 0 Å². The summed E-state index contributed by atoms with van der Waals surface area (Å²) < 4.78 is 5.30. The van der Waals surface area contributed by atoms with Gasteiger partial charge in [-0.25, -0.2) is 0 Å². The number of hydrogen-bond donors (Lipinski definition) is 3. The average molecular weight is 405 g/mol. The zero-order valence-corrected chi connectivity index (χ0v) is 17.8. The minimum Gasteiger partial charge on any atom is -0.497 e. The number of carbonyl (C=O) groups excluding carboxylic acids is 2. The van der Waals surface area contributed by atoms with Crippen LogP contribution in [0.5, 0.6) is 5.75 Å². The summed E-state index contributed by atoms with van der Waals surface area (Å²) in [5.74, 6) is -0.191. The number of H-pyrrole nitrogens is 1. The van der Waals surface area contributed by atoms with Crippen LogP contribution in [0.3, 0.4) is 0 Å². The highest BCUT2D eigenvalue weighted by Gasteiger charge is 2.31. The first-order valence-corrected chi connectivity index (χ1v) is 10.3. The molecule has 2 amide bonds. The average Bonchev–Trinajstić information content (AvgIpc) is 3.06. The van der Waals surface area contributed by atoms with Crippen LogP contribution < -0.4 is 15.4 Å². The van der Waals surface area contributed by atoms with Gasteiger partial charge >= 0.3 is 0 Å². The number of aromatic amines is 1. The molecule has 6 nitrogen and oxygen atoms in total. The number of amides is 2. The van der Waals surface area contributed by atoms with Gasteiger partial charge in [0.1, 0.15) is 5.75 Å². The zero-order chi connectivity index (χ0) is 21.4. The van der Waals surface area contributed by atoms with E-state index in [2.05, 4.69) is 48.5 Å². The van der Waals surface area contributed by atoms with Gasteiger partial charge in [-0.3, -0.25) is 9.59 Å². The lowest BCUT2D eigenvalue weighted by molar-refractivity contribution is -0.126. The van der Waals surface area contributed by atoms with E-state index in [1.165, 1.54) is 16.6 Å². The first-order chi connectivity index (χ1) is 14.4. The molecule has 156 valence electrons. The molecule has 0 spiro atoms. The first kappa shape index (κ1) is 20.0. The standard InChI is InChI=1S/C24H27N3O3/c1-5-20-14(3)17-9-13(2)8-15(23(17)27-20)12-25-24(29)19-11-22(28)26-21-7-6-16(30-4)10-18(19)21/h6-10,19,27H,5,11-12H2,1-4H3,(H,25,29)(H,26,28). The number of aryl methyl sites for hydroxylation is 3. The molecule has 30 heavy (non-hydrogen) atoms. The summed E-state index contributed by atoms with van der Waals surface area (Å²) in [5.41, 5.74) is 7.19. The molecular weight excluding hydrogens is 378 g/mol.